The minimum absolute atomic E-state index is 0.0643. The summed E-state index contributed by atoms with van der Waals surface area (Å²) >= 11 is 0. The molecule has 2 aromatic rings. The number of amides is 1. The van der Waals surface area contributed by atoms with Crippen LogP contribution in [0.2, 0.25) is 0 Å². The second-order valence-corrected chi connectivity index (χ2v) is 4.22. The van der Waals surface area contributed by atoms with E-state index in [0.29, 0.717) is 11.3 Å². The summed E-state index contributed by atoms with van der Waals surface area (Å²) in [7, 11) is 0. The van der Waals surface area contributed by atoms with Crippen LogP contribution in [0.25, 0.3) is 0 Å². The van der Waals surface area contributed by atoms with Crippen LogP contribution in [0.1, 0.15) is 32.0 Å². The fourth-order valence-electron chi connectivity index (χ4n) is 1.71. The molecule has 0 radical (unpaired) electrons. The van der Waals surface area contributed by atoms with Gasteiger partial charge in [-0.15, -0.1) is 0 Å². The first kappa shape index (κ1) is 12.8. The van der Waals surface area contributed by atoms with Crippen molar-refractivity contribution in [2.24, 2.45) is 0 Å². The molecule has 98 valence electrons. The van der Waals surface area contributed by atoms with Gasteiger partial charge in [0.2, 0.25) is 0 Å². The third kappa shape index (κ3) is 2.62. The lowest BCUT2D eigenvalue weighted by molar-refractivity contribution is 0.0698. The molecule has 6 heteroatoms. The highest BCUT2D eigenvalue weighted by atomic mass is 16.4. The number of aromatic nitrogens is 2. The number of nitrogens with zero attached hydrogens (tertiary/aromatic N) is 1. The molecule has 0 saturated heterocycles. The fraction of sp³-hybridized carbons (Fsp3) is 0.154. The van der Waals surface area contributed by atoms with Gasteiger partial charge in [-0.2, -0.15) is 5.10 Å². The minimum atomic E-state index is -1.08. The average molecular weight is 259 g/mol. The first-order chi connectivity index (χ1) is 8.99. The van der Waals surface area contributed by atoms with Gasteiger partial charge in [-0.1, -0.05) is 11.6 Å². The summed E-state index contributed by atoms with van der Waals surface area (Å²) in [6.45, 7) is 3.51. The smallest absolute Gasteiger partial charge is 0.337 e. The van der Waals surface area contributed by atoms with E-state index in [1.54, 1.807) is 26.0 Å². The van der Waals surface area contributed by atoms with Crippen LogP contribution in [0.3, 0.4) is 0 Å². The SMILES string of the molecule is Cc1ccc(NC(=O)c2cn[nH]c2C)c(C(=O)O)c1. The summed E-state index contributed by atoms with van der Waals surface area (Å²) in [6, 6.07) is 4.83. The number of aromatic amines is 1. The van der Waals surface area contributed by atoms with E-state index in [1.165, 1.54) is 12.3 Å². The van der Waals surface area contributed by atoms with Crippen LogP contribution in [0.15, 0.2) is 24.4 Å². The first-order valence-corrected chi connectivity index (χ1v) is 5.64. The van der Waals surface area contributed by atoms with Crippen LogP contribution in [-0.2, 0) is 0 Å². The van der Waals surface area contributed by atoms with Gasteiger partial charge in [0.1, 0.15) is 0 Å². The third-order valence-electron chi connectivity index (χ3n) is 2.73. The number of rotatable bonds is 3. The van der Waals surface area contributed by atoms with Crippen LogP contribution in [0.4, 0.5) is 5.69 Å². The highest BCUT2D eigenvalue weighted by molar-refractivity contribution is 6.08. The number of carbonyl (C=O) groups excluding carboxylic acids is 1. The molecule has 0 bridgehead atoms. The lowest BCUT2D eigenvalue weighted by Crippen LogP contribution is -2.15. The van der Waals surface area contributed by atoms with E-state index >= 15 is 0 Å². The monoisotopic (exact) mass is 259 g/mol. The molecule has 0 fully saturated rings. The van der Waals surface area contributed by atoms with E-state index in [4.69, 9.17) is 5.11 Å². The van der Waals surface area contributed by atoms with Crippen LogP contribution in [0.5, 0.6) is 0 Å². The van der Waals surface area contributed by atoms with E-state index in [9.17, 15) is 9.59 Å². The molecule has 0 unspecified atom stereocenters. The molecule has 0 spiro atoms. The molecule has 0 aliphatic carbocycles. The summed E-state index contributed by atoms with van der Waals surface area (Å²) in [5.41, 5.74) is 2.16. The number of nitrogens with one attached hydrogen (secondary N) is 2. The fourth-order valence-corrected chi connectivity index (χ4v) is 1.71. The standard InChI is InChI=1S/C13H13N3O3/c1-7-3-4-11(9(5-7)13(18)19)15-12(17)10-6-14-16-8(10)2/h3-6H,1-2H3,(H,14,16)(H,15,17)(H,18,19). The van der Waals surface area contributed by atoms with Crippen LogP contribution >= 0.6 is 0 Å². The van der Waals surface area contributed by atoms with Crippen LogP contribution in [-0.4, -0.2) is 27.2 Å². The Hall–Kier alpha value is -2.63. The Morgan fingerprint density at radius 1 is 1.26 bits per heavy atom. The largest absolute Gasteiger partial charge is 0.478 e. The molecule has 1 amide bonds. The molecule has 19 heavy (non-hydrogen) atoms. The first-order valence-electron chi connectivity index (χ1n) is 5.64. The van der Waals surface area contributed by atoms with Gasteiger partial charge in [-0.3, -0.25) is 9.89 Å². The van der Waals surface area contributed by atoms with Crippen LogP contribution < -0.4 is 5.32 Å². The second kappa shape index (κ2) is 4.93. The van der Waals surface area contributed by atoms with Gasteiger partial charge < -0.3 is 10.4 Å². The van der Waals surface area contributed by atoms with Crippen molar-refractivity contribution in [3.8, 4) is 0 Å². The second-order valence-electron chi connectivity index (χ2n) is 4.22. The van der Waals surface area contributed by atoms with Gasteiger partial charge in [0.15, 0.2) is 0 Å². The summed E-state index contributed by atoms with van der Waals surface area (Å²) in [5.74, 6) is -1.47. The van der Waals surface area contributed by atoms with Gasteiger partial charge in [-0.25, -0.2) is 4.79 Å². The topological polar surface area (TPSA) is 95.1 Å². The van der Waals surface area contributed by atoms with E-state index < -0.39 is 11.9 Å². The van der Waals surface area contributed by atoms with E-state index in [0.717, 1.165) is 5.56 Å². The molecule has 1 heterocycles. The minimum Gasteiger partial charge on any atom is -0.478 e. The van der Waals surface area contributed by atoms with Gasteiger partial charge in [0, 0.05) is 5.69 Å². The molecule has 0 aliphatic rings. The van der Waals surface area contributed by atoms with Crippen molar-refractivity contribution in [1.82, 2.24) is 10.2 Å². The molecule has 0 aliphatic heterocycles. The maximum Gasteiger partial charge on any atom is 0.337 e. The number of hydrogen-bond donors (Lipinski definition) is 3. The van der Waals surface area contributed by atoms with Crippen molar-refractivity contribution < 1.29 is 14.7 Å². The van der Waals surface area contributed by atoms with Crippen molar-refractivity contribution in [2.45, 2.75) is 13.8 Å². The zero-order chi connectivity index (χ0) is 14.0. The molecule has 0 saturated carbocycles. The van der Waals surface area contributed by atoms with E-state index in [1.807, 2.05) is 0 Å². The Morgan fingerprint density at radius 3 is 2.58 bits per heavy atom. The van der Waals surface area contributed by atoms with Crippen LogP contribution in [0, 0.1) is 13.8 Å². The number of benzene rings is 1. The molecule has 2 rings (SSSR count). The predicted molar refractivity (Wildman–Crippen MR) is 69.4 cm³/mol. The molecule has 6 nitrogen and oxygen atoms in total. The number of aryl methyl sites for hydroxylation is 2. The zero-order valence-electron chi connectivity index (χ0n) is 10.5. The van der Waals surface area contributed by atoms with Crippen molar-refractivity contribution >= 4 is 17.6 Å². The predicted octanol–water partition coefficient (Wildman–Crippen LogP) is 1.98. The van der Waals surface area contributed by atoms with Gasteiger partial charge in [0.05, 0.1) is 23.0 Å². The zero-order valence-corrected chi connectivity index (χ0v) is 10.5. The van der Waals surface area contributed by atoms with Gasteiger partial charge in [-0.05, 0) is 26.0 Å². The number of H-pyrrole nitrogens is 1. The normalized spacial score (nSPS) is 10.2. The van der Waals surface area contributed by atoms with Crippen molar-refractivity contribution in [3.05, 3.63) is 46.8 Å². The molecule has 1 aromatic carbocycles. The quantitative estimate of drug-likeness (QED) is 0.785. The molecule has 3 N–H and O–H groups in total. The number of aromatic carboxylic acids is 1. The number of hydrogen-bond acceptors (Lipinski definition) is 3. The van der Waals surface area contributed by atoms with E-state index in [-0.39, 0.29) is 11.3 Å². The summed E-state index contributed by atoms with van der Waals surface area (Å²) in [5, 5.41) is 18.1. The highest BCUT2D eigenvalue weighted by Crippen LogP contribution is 2.18. The maximum absolute atomic E-state index is 12.0. The number of carbonyl (C=O) groups is 2. The third-order valence-corrected chi connectivity index (χ3v) is 2.73. The van der Waals surface area contributed by atoms with Crippen molar-refractivity contribution in [3.63, 3.8) is 0 Å². The van der Waals surface area contributed by atoms with Gasteiger partial charge in [0.25, 0.3) is 5.91 Å². The van der Waals surface area contributed by atoms with E-state index in [2.05, 4.69) is 15.5 Å². The highest BCUT2D eigenvalue weighted by Gasteiger charge is 2.15. The maximum atomic E-state index is 12.0. The molecule has 1 aromatic heterocycles. The Bertz CT molecular complexity index is 646. The van der Waals surface area contributed by atoms with Crippen molar-refractivity contribution in [2.75, 3.05) is 5.32 Å². The Kier molecular flexibility index (Phi) is 3.33. The van der Waals surface area contributed by atoms with Crippen molar-refractivity contribution in [1.29, 1.82) is 0 Å². The Balaban J connectivity index is 2.32. The number of carboxylic acids is 1. The average Bonchev–Trinajstić information content (AvgIpc) is 2.77. The lowest BCUT2D eigenvalue weighted by atomic mass is 10.1. The number of anilines is 1. The molecular formula is C13H13N3O3. The summed E-state index contributed by atoms with van der Waals surface area (Å²) in [4.78, 5) is 23.1. The Morgan fingerprint density at radius 2 is 2.00 bits per heavy atom. The molecule has 0 atom stereocenters. The number of carboxylic acid groups (broad SMARTS) is 1. The Labute approximate surface area is 109 Å². The summed E-state index contributed by atoms with van der Waals surface area (Å²) in [6.07, 6.45) is 1.40. The van der Waals surface area contributed by atoms with Gasteiger partial charge >= 0.3 is 5.97 Å². The summed E-state index contributed by atoms with van der Waals surface area (Å²) < 4.78 is 0. The lowest BCUT2D eigenvalue weighted by Gasteiger charge is -2.08. The molecular weight excluding hydrogens is 246 g/mol.